The van der Waals surface area contributed by atoms with E-state index < -0.39 is 27.7 Å². The van der Waals surface area contributed by atoms with Crippen LogP contribution in [0.2, 0.25) is 0 Å². The second kappa shape index (κ2) is 7.42. The summed E-state index contributed by atoms with van der Waals surface area (Å²) in [5.74, 6) is -1.84. The summed E-state index contributed by atoms with van der Waals surface area (Å²) in [6.45, 7) is 4.42. The van der Waals surface area contributed by atoms with Gasteiger partial charge >= 0.3 is 11.9 Å². The van der Waals surface area contributed by atoms with Gasteiger partial charge in [0.05, 0.1) is 18.1 Å². The molecule has 128 valence electrons. The van der Waals surface area contributed by atoms with Crippen LogP contribution in [0.1, 0.15) is 20.8 Å². The van der Waals surface area contributed by atoms with Crippen molar-refractivity contribution in [2.45, 2.75) is 31.3 Å². The Bertz CT molecular complexity index is 645. The molecule has 0 unspecified atom stereocenters. The predicted octanol–water partition coefficient (Wildman–Crippen LogP) is 1.20. The molecule has 0 radical (unpaired) electrons. The summed E-state index contributed by atoms with van der Waals surface area (Å²) in [6, 6.07) is 4.53. The fourth-order valence-electron chi connectivity index (χ4n) is 1.62. The molecule has 0 fully saturated rings. The Kier molecular flexibility index (Phi) is 6.11. The van der Waals surface area contributed by atoms with E-state index in [1.165, 1.54) is 19.1 Å². The van der Waals surface area contributed by atoms with Gasteiger partial charge in [-0.2, -0.15) is 8.42 Å². The summed E-state index contributed by atoms with van der Waals surface area (Å²) in [5, 5.41) is 0. The van der Waals surface area contributed by atoms with Gasteiger partial charge in [0.15, 0.2) is 0 Å². The van der Waals surface area contributed by atoms with E-state index in [1.807, 2.05) is 0 Å². The number of hydrogen-bond acceptors (Lipinski definition) is 7. The number of benzene rings is 1. The number of carbonyl (C=O) groups is 2. The van der Waals surface area contributed by atoms with E-state index in [1.54, 1.807) is 13.8 Å². The molecule has 0 heterocycles. The van der Waals surface area contributed by atoms with Gasteiger partial charge in [0.2, 0.25) is 0 Å². The van der Waals surface area contributed by atoms with Crippen LogP contribution in [0.4, 0.5) is 0 Å². The van der Waals surface area contributed by atoms with Crippen molar-refractivity contribution in [1.82, 2.24) is 0 Å². The zero-order valence-corrected chi connectivity index (χ0v) is 13.8. The minimum atomic E-state index is -4.35. The highest BCUT2D eigenvalue weighted by molar-refractivity contribution is 7.85. The van der Waals surface area contributed by atoms with Gasteiger partial charge in [0, 0.05) is 0 Å². The number of ether oxygens (including phenoxy) is 3. The van der Waals surface area contributed by atoms with Crippen LogP contribution in [0.5, 0.6) is 5.75 Å². The molecule has 0 aliphatic heterocycles. The van der Waals surface area contributed by atoms with Crippen molar-refractivity contribution < 1.29 is 36.8 Å². The third-order valence-corrected chi connectivity index (χ3v) is 3.64. The molecule has 1 N–H and O–H groups in total. The lowest BCUT2D eigenvalue weighted by atomic mass is 10.1. The first-order chi connectivity index (χ1) is 10.6. The monoisotopic (exact) mass is 346 g/mol. The van der Waals surface area contributed by atoms with Crippen LogP contribution >= 0.6 is 0 Å². The van der Waals surface area contributed by atoms with Crippen LogP contribution in [0, 0.1) is 0 Å². The number of hydrogen-bond donors (Lipinski definition) is 1. The summed E-state index contributed by atoms with van der Waals surface area (Å²) < 4.78 is 45.9. The molecular weight excluding hydrogens is 328 g/mol. The van der Waals surface area contributed by atoms with Gasteiger partial charge in [-0.3, -0.25) is 4.55 Å². The molecule has 0 atom stereocenters. The van der Waals surface area contributed by atoms with E-state index in [0.717, 1.165) is 12.1 Å². The van der Waals surface area contributed by atoms with Crippen molar-refractivity contribution in [2.24, 2.45) is 0 Å². The van der Waals surface area contributed by atoms with Gasteiger partial charge in [-0.25, -0.2) is 9.59 Å². The van der Waals surface area contributed by atoms with Gasteiger partial charge < -0.3 is 14.2 Å². The molecule has 9 heteroatoms. The molecule has 0 spiro atoms. The fourth-order valence-corrected chi connectivity index (χ4v) is 2.10. The van der Waals surface area contributed by atoms with Crippen LogP contribution in [-0.4, -0.2) is 43.7 Å². The van der Waals surface area contributed by atoms with E-state index in [9.17, 15) is 18.0 Å². The van der Waals surface area contributed by atoms with Crippen molar-refractivity contribution in [1.29, 1.82) is 0 Å². The average molecular weight is 346 g/mol. The Morgan fingerprint density at radius 1 is 1.04 bits per heavy atom. The molecule has 0 bridgehead atoms. The van der Waals surface area contributed by atoms with Crippen molar-refractivity contribution in [3.05, 3.63) is 24.3 Å². The molecule has 23 heavy (non-hydrogen) atoms. The van der Waals surface area contributed by atoms with E-state index in [2.05, 4.69) is 0 Å². The highest BCUT2D eigenvalue weighted by Crippen LogP contribution is 2.23. The lowest BCUT2D eigenvalue weighted by molar-refractivity contribution is -0.177. The van der Waals surface area contributed by atoms with Crippen LogP contribution in [0.3, 0.4) is 0 Å². The molecule has 0 amide bonds. The summed E-state index contributed by atoms with van der Waals surface area (Å²) >= 11 is 0. The van der Waals surface area contributed by atoms with Gasteiger partial charge in [-0.05, 0) is 45.0 Å². The SMILES string of the molecule is CCOC(=O)C(C)(Oc1ccc(S(=O)(=O)O)cc1)C(=O)OCC. The Morgan fingerprint density at radius 2 is 1.48 bits per heavy atom. The maximum absolute atomic E-state index is 12.0. The maximum atomic E-state index is 12.0. The molecule has 0 aromatic heterocycles. The fraction of sp³-hybridized carbons (Fsp3) is 0.429. The Labute approximate surface area is 134 Å². The van der Waals surface area contributed by atoms with Gasteiger partial charge in [0.1, 0.15) is 5.75 Å². The van der Waals surface area contributed by atoms with Crippen molar-refractivity contribution in [2.75, 3.05) is 13.2 Å². The smallest absolute Gasteiger partial charge is 0.362 e. The second-order valence-electron chi connectivity index (χ2n) is 4.52. The summed E-state index contributed by atoms with van der Waals surface area (Å²) in [6.07, 6.45) is 0. The first-order valence-electron chi connectivity index (χ1n) is 6.76. The lowest BCUT2D eigenvalue weighted by Crippen LogP contribution is -2.51. The summed E-state index contributed by atoms with van der Waals surface area (Å²) in [5.41, 5.74) is -2.04. The van der Waals surface area contributed by atoms with Crippen LogP contribution in [0.25, 0.3) is 0 Å². The first-order valence-corrected chi connectivity index (χ1v) is 8.20. The highest BCUT2D eigenvalue weighted by Gasteiger charge is 2.47. The van der Waals surface area contributed by atoms with Gasteiger partial charge in [-0.1, -0.05) is 0 Å². The maximum Gasteiger partial charge on any atom is 0.362 e. The topological polar surface area (TPSA) is 116 Å². The van der Waals surface area contributed by atoms with E-state index in [0.29, 0.717) is 0 Å². The van der Waals surface area contributed by atoms with E-state index >= 15 is 0 Å². The molecule has 0 saturated heterocycles. The standard InChI is InChI=1S/C14H18O8S/c1-4-20-12(15)14(3,13(16)21-5-2)22-10-6-8-11(9-7-10)23(17,18)19/h6-9H,4-5H2,1-3H3,(H,17,18,19). The number of carbonyl (C=O) groups excluding carboxylic acids is 2. The lowest BCUT2D eigenvalue weighted by Gasteiger charge is -2.26. The average Bonchev–Trinajstić information content (AvgIpc) is 2.47. The molecule has 8 nitrogen and oxygen atoms in total. The second-order valence-corrected chi connectivity index (χ2v) is 5.94. The van der Waals surface area contributed by atoms with Crippen LogP contribution in [-0.2, 0) is 29.2 Å². The third kappa shape index (κ3) is 4.67. The van der Waals surface area contributed by atoms with Gasteiger partial charge in [0.25, 0.3) is 15.7 Å². The molecular formula is C14H18O8S. The summed E-state index contributed by atoms with van der Waals surface area (Å²) in [4.78, 5) is 23.7. The molecule has 0 aliphatic carbocycles. The zero-order chi connectivity index (χ0) is 17.7. The first kappa shape index (κ1) is 18.9. The number of rotatable bonds is 7. The molecule has 1 rings (SSSR count). The zero-order valence-electron chi connectivity index (χ0n) is 12.9. The summed E-state index contributed by atoms with van der Waals surface area (Å²) in [7, 11) is -4.35. The van der Waals surface area contributed by atoms with Gasteiger partial charge in [-0.15, -0.1) is 0 Å². The highest BCUT2D eigenvalue weighted by atomic mass is 32.2. The largest absolute Gasteiger partial charge is 0.464 e. The predicted molar refractivity (Wildman–Crippen MR) is 78.6 cm³/mol. The minimum absolute atomic E-state index is 0.0287. The van der Waals surface area contributed by atoms with Crippen molar-refractivity contribution >= 4 is 22.1 Å². The quantitative estimate of drug-likeness (QED) is 0.445. The van der Waals surface area contributed by atoms with Crippen LogP contribution < -0.4 is 4.74 Å². The van der Waals surface area contributed by atoms with Crippen molar-refractivity contribution in [3.8, 4) is 5.75 Å². The molecule has 1 aromatic rings. The van der Waals surface area contributed by atoms with Crippen molar-refractivity contribution in [3.63, 3.8) is 0 Å². The Balaban J connectivity index is 3.10. The normalized spacial score (nSPS) is 11.7. The third-order valence-electron chi connectivity index (χ3n) is 2.77. The van der Waals surface area contributed by atoms with E-state index in [-0.39, 0.29) is 23.9 Å². The number of esters is 2. The Morgan fingerprint density at radius 3 is 1.83 bits per heavy atom. The van der Waals surface area contributed by atoms with Crippen LogP contribution in [0.15, 0.2) is 29.2 Å². The Hall–Kier alpha value is -2.13. The molecule has 0 aliphatic rings. The molecule has 0 saturated carbocycles. The van der Waals surface area contributed by atoms with E-state index in [4.69, 9.17) is 18.8 Å². The molecule has 1 aromatic carbocycles. The minimum Gasteiger partial charge on any atom is -0.464 e.